The molecule has 0 bridgehead atoms. The summed E-state index contributed by atoms with van der Waals surface area (Å²) in [4.78, 5) is 9.64. The average molecular weight is 326 g/mol. The van der Waals surface area contributed by atoms with Gasteiger partial charge in [-0.1, -0.05) is 11.2 Å². The van der Waals surface area contributed by atoms with E-state index in [9.17, 15) is 0 Å². The van der Waals surface area contributed by atoms with Crippen LogP contribution >= 0.6 is 0 Å². The molecule has 2 atom stereocenters. The summed E-state index contributed by atoms with van der Waals surface area (Å²) in [7, 11) is 0. The summed E-state index contributed by atoms with van der Waals surface area (Å²) in [6, 6.07) is 6.20. The topological polar surface area (TPSA) is 45.4 Å². The van der Waals surface area contributed by atoms with Gasteiger partial charge in [-0.25, -0.2) is 0 Å². The predicted molar refractivity (Wildman–Crippen MR) is 92.4 cm³/mol. The molecule has 2 aliphatic rings. The second kappa shape index (κ2) is 6.65. The molecule has 2 aromatic heterocycles. The van der Waals surface area contributed by atoms with Crippen LogP contribution in [-0.2, 0) is 13.1 Å². The molecule has 128 valence electrons. The number of likely N-dealkylation sites (tertiary alicyclic amines) is 2. The molecule has 4 heterocycles. The summed E-state index contributed by atoms with van der Waals surface area (Å²) in [5.74, 6) is 2.59. The lowest BCUT2D eigenvalue weighted by atomic mass is 9.88. The van der Waals surface area contributed by atoms with Gasteiger partial charge in [-0.05, 0) is 50.8 Å². The minimum absolute atomic E-state index is 0.780. The molecule has 4 rings (SSSR count). The largest absolute Gasteiger partial charge is 0.361 e. The third kappa shape index (κ3) is 3.23. The van der Waals surface area contributed by atoms with Crippen LogP contribution in [0.25, 0.3) is 0 Å². The Morgan fingerprint density at radius 1 is 1.08 bits per heavy atom. The van der Waals surface area contributed by atoms with E-state index in [0.717, 1.165) is 36.4 Å². The van der Waals surface area contributed by atoms with E-state index in [2.05, 4.69) is 32.1 Å². The minimum Gasteiger partial charge on any atom is -0.361 e. The first kappa shape index (κ1) is 15.8. The van der Waals surface area contributed by atoms with Crippen molar-refractivity contribution in [1.29, 1.82) is 0 Å². The van der Waals surface area contributed by atoms with Crippen LogP contribution in [0.3, 0.4) is 0 Å². The summed E-state index contributed by atoms with van der Waals surface area (Å²) >= 11 is 0. The Morgan fingerprint density at radius 3 is 2.67 bits per heavy atom. The molecular formula is C19H26N4O. The molecule has 0 aliphatic carbocycles. The molecule has 2 saturated heterocycles. The molecule has 0 radical (unpaired) electrons. The highest BCUT2D eigenvalue weighted by atomic mass is 16.5. The smallest absolute Gasteiger partial charge is 0.138 e. The Morgan fingerprint density at radius 2 is 1.92 bits per heavy atom. The van der Waals surface area contributed by atoms with Crippen molar-refractivity contribution >= 4 is 0 Å². The number of nitrogens with zero attached hydrogens (tertiary/aromatic N) is 4. The Balaban J connectivity index is 1.36. The maximum atomic E-state index is 5.32. The summed E-state index contributed by atoms with van der Waals surface area (Å²) in [5.41, 5.74) is 3.50. The van der Waals surface area contributed by atoms with Gasteiger partial charge in [0.1, 0.15) is 5.76 Å². The van der Waals surface area contributed by atoms with Crippen LogP contribution in [0.5, 0.6) is 0 Å². The van der Waals surface area contributed by atoms with E-state index in [0.29, 0.717) is 0 Å². The standard InChI is InChI=1S/C19H26N4O/c1-14-19(15(2)24-21-14)13-22-8-6-16-9-23(11-17(16)10-22)12-18-5-3-4-7-20-18/h3-5,7,16-17H,6,8-13H2,1-2H3/t16-,17+/m0/s1. The van der Waals surface area contributed by atoms with Crippen molar-refractivity contribution in [2.45, 2.75) is 33.4 Å². The second-order valence-electron chi connectivity index (χ2n) is 7.36. The van der Waals surface area contributed by atoms with Crippen LogP contribution in [0.1, 0.15) is 29.1 Å². The molecule has 2 aromatic rings. The number of piperidine rings is 1. The minimum atomic E-state index is 0.780. The van der Waals surface area contributed by atoms with E-state index in [1.165, 1.54) is 43.9 Å². The highest BCUT2D eigenvalue weighted by Crippen LogP contribution is 2.32. The number of hydrogen-bond acceptors (Lipinski definition) is 5. The van der Waals surface area contributed by atoms with Gasteiger partial charge >= 0.3 is 0 Å². The van der Waals surface area contributed by atoms with Gasteiger partial charge in [0.2, 0.25) is 0 Å². The number of pyridine rings is 1. The molecule has 0 unspecified atom stereocenters. The number of aryl methyl sites for hydroxylation is 2. The van der Waals surface area contributed by atoms with Crippen molar-refractivity contribution in [2.24, 2.45) is 11.8 Å². The van der Waals surface area contributed by atoms with Gasteiger partial charge in [0.15, 0.2) is 0 Å². The molecular weight excluding hydrogens is 300 g/mol. The monoisotopic (exact) mass is 326 g/mol. The first-order valence-electron chi connectivity index (χ1n) is 8.95. The summed E-state index contributed by atoms with van der Waals surface area (Å²) in [6.07, 6.45) is 3.19. The zero-order valence-corrected chi connectivity index (χ0v) is 14.6. The Bertz CT molecular complexity index is 664. The van der Waals surface area contributed by atoms with Crippen LogP contribution in [0.15, 0.2) is 28.9 Å². The predicted octanol–water partition coefficient (Wildman–Crippen LogP) is 2.64. The number of hydrogen-bond donors (Lipinski definition) is 0. The van der Waals surface area contributed by atoms with Crippen molar-refractivity contribution in [3.8, 4) is 0 Å². The second-order valence-corrected chi connectivity index (χ2v) is 7.36. The quantitative estimate of drug-likeness (QED) is 0.864. The van der Waals surface area contributed by atoms with E-state index in [4.69, 9.17) is 4.52 Å². The third-order valence-corrected chi connectivity index (χ3v) is 5.64. The van der Waals surface area contributed by atoms with Crippen molar-refractivity contribution in [3.63, 3.8) is 0 Å². The highest BCUT2D eigenvalue weighted by molar-refractivity contribution is 5.20. The SMILES string of the molecule is Cc1noc(C)c1CN1CC[C@H]2CN(Cc3ccccn3)C[C@H]2C1. The van der Waals surface area contributed by atoms with E-state index in [1.807, 2.05) is 26.1 Å². The van der Waals surface area contributed by atoms with E-state index < -0.39 is 0 Å². The fourth-order valence-electron chi connectivity index (χ4n) is 4.29. The van der Waals surface area contributed by atoms with Gasteiger partial charge in [-0.3, -0.25) is 14.8 Å². The van der Waals surface area contributed by atoms with Crippen LogP contribution in [0.2, 0.25) is 0 Å². The lowest BCUT2D eigenvalue weighted by Crippen LogP contribution is -2.39. The molecule has 2 fully saturated rings. The number of fused-ring (bicyclic) bond motifs is 1. The Labute approximate surface area is 143 Å². The van der Waals surface area contributed by atoms with Gasteiger partial charge in [-0.15, -0.1) is 0 Å². The molecule has 5 heteroatoms. The van der Waals surface area contributed by atoms with E-state index in [-0.39, 0.29) is 0 Å². The average Bonchev–Trinajstić information content (AvgIpc) is 3.12. The van der Waals surface area contributed by atoms with Crippen molar-refractivity contribution in [1.82, 2.24) is 19.9 Å². The van der Waals surface area contributed by atoms with Crippen molar-refractivity contribution in [2.75, 3.05) is 26.2 Å². The summed E-state index contributed by atoms with van der Waals surface area (Å²) in [5, 5.41) is 4.09. The fraction of sp³-hybridized carbons (Fsp3) is 0.579. The molecule has 5 nitrogen and oxygen atoms in total. The summed E-state index contributed by atoms with van der Waals surface area (Å²) in [6.45, 7) is 10.8. The Hall–Kier alpha value is -1.72. The van der Waals surface area contributed by atoms with E-state index >= 15 is 0 Å². The maximum absolute atomic E-state index is 5.32. The van der Waals surface area contributed by atoms with Gasteiger partial charge in [0.25, 0.3) is 0 Å². The molecule has 0 saturated carbocycles. The Kier molecular flexibility index (Phi) is 4.37. The highest BCUT2D eigenvalue weighted by Gasteiger charge is 2.37. The molecule has 0 N–H and O–H groups in total. The van der Waals surface area contributed by atoms with Crippen LogP contribution in [-0.4, -0.2) is 46.1 Å². The zero-order chi connectivity index (χ0) is 16.5. The van der Waals surface area contributed by atoms with Gasteiger partial charge < -0.3 is 4.52 Å². The van der Waals surface area contributed by atoms with Gasteiger partial charge in [0.05, 0.1) is 11.4 Å². The first-order chi connectivity index (χ1) is 11.7. The van der Waals surface area contributed by atoms with Crippen LogP contribution < -0.4 is 0 Å². The molecule has 0 aromatic carbocycles. The summed E-state index contributed by atoms with van der Waals surface area (Å²) < 4.78 is 5.32. The van der Waals surface area contributed by atoms with E-state index in [1.54, 1.807) is 0 Å². The first-order valence-corrected chi connectivity index (χ1v) is 8.95. The number of rotatable bonds is 4. The maximum Gasteiger partial charge on any atom is 0.138 e. The molecule has 24 heavy (non-hydrogen) atoms. The molecule has 2 aliphatic heterocycles. The molecule has 0 spiro atoms. The lowest BCUT2D eigenvalue weighted by Gasteiger charge is -2.34. The van der Waals surface area contributed by atoms with Gasteiger partial charge in [0, 0.05) is 44.5 Å². The molecule has 0 amide bonds. The third-order valence-electron chi connectivity index (χ3n) is 5.64. The lowest BCUT2D eigenvalue weighted by molar-refractivity contribution is 0.141. The van der Waals surface area contributed by atoms with Crippen molar-refractivity contribution in [3.05, 3.63) is 47.1 Å². The van der Waals surface area contributed by atoms with Crippen molar-refractivity contribution < 1.29 is 4.52 Å². The zero-order valence-electron chi connectivity index (χ0n) is 14.6. The normalized spacial score (nSPS) is 25.1. The van der Waals surface area contributed by atoms with Crippen LogP contribution in [0.4, 0.5) is 0 Å². The van der Waals surface area contributed by atoms with Gasteiger partial charge in [-0.2, -0.15) is 0 Å². The fourth-order valence-corrected chi connectivity index (χ4v) is 4.29. The number of aromatic nitrogens is 2. The van der Waals surface area contributed by atoms with Crippen LogP contribution in [0, 0.1) is 25.7 Å².